The number of aromatic amines is 1. The fraction of sp³-hybridized carbons (Fsp3) is 0.364. The van der Waals surface area contributed by atoms with E-state index in [1.807, 2.05) is 0 Å². The molecule has 0 aliphatic rings. The Morgan fingerprint density at radius 3 is 2.68 bits per heavy atom. The van der Waals surface area contributed by atoms with Crippen LogP contribution in [0.2, 0.25) is 0 Å². The van der Waals surface area contributed by atoms with Crippen LogP contribution in [0.1, 0.15) is 23.1 Å². The van der Waals surface area contributed by atoms with E-state index in [-0.39, 0.29) is 16.6 Å². The molecule has 0 aliphatic carbocycles. The fourth-order valence-corrected chi connectivity index (χ4v) is 1.57. The van der Waals surface area contributed by atoms with Crippen molar-refractivity contribution in [1.29, 1.82) is 0 Å². The van der Waals surface area contributed by atoms with E-state index in [1.54, 1.807) is 14.0 Å². The molecule has 5 nitrogen and oxygen atoms in total. The summed E-state index contributed by atoms with van der Waals surface area (Å²) in [5.41, 5.74) is 0.115. The van der Waals surface area contributed by atoms with E-state index in [4.69, 9.17) is 0 Å². The summed E-state index contributed by atoms with van der Waals surface area (Å²) in [6.07, 6.45) is -2.16. The van der Waals surface area contributed by atoms with Crippen molar-refractivity contribution in [3.8, 4) is 0 Å². The van der Waals surface area contributed by atoms with Crippen LogP contribution in [0.4, 0.5) is 13.2 Å². The number of nitrogens with zero attached hydrogens (tertiary/aromatic N) is 3. The minimum atomic E-state index is -4.59. The number of halogens is 3. The van der Waals surface area contributed by atoms with Crippen LogP contribution in [0.25, 0.3) is 11.0 Å². The molecule has 2 heterocycles. The maximum absolute atomic E-state index is 12.6. The highest BCUT2D eigenvalue weighted by molar-refractivity contribution is 6.04. The number of imidazole rings is 1. The lowest BCUT2D eigenvalue weighted by Gasteiger charge is -2.13. The highest BCUT2D eigenvalue weighted by Crippen LogP contribution is 2.29. The lowest BCUT2D eigenvalue weighted by molar-refractivity contribution is -0.144. The number of amides is 1. The van der Waals surface area contributed by atoms with Gasteiger partial charge in [0.05, 0.1) is 17.3 Å². The molecule has 0 saturated carbocycles. The molecular formula is C11H11F3N4O. The van der Waals surface area contributed by atoms with E-state index >= 15 is 0 Å². The smallest absolute Gasteiger partial charge is 0.342 e. The van der Waals surface area contributed by atoms with Crippen LogP contribution >= 0.6 is 0 Å². The topological polar surface area (TPSA) is 61.9 Å². The summed E-state index contributed by atoms with van der Waals surface area (Å²) in [6, 6.07) is 0. The predicted molar refractivity (Wildman–Crippen MR) is 61.5 cm³/mol. The summed E-state index contributed by atoms with van der Waals surface area (Å²) < 4.78 is 37.7. The van der Waals surface area contributed by atoms with Crippen molar-refractivity contribution in [2.45, 2.75) is 13.1 Å². The number of hydrogen-bond acceptors (Lipinski definition) is 3. The minimum Gasteiger partial charge on any atom is -0.342 e. The van der Waals surface area contributed by atoms with E-state index in [1.165, 1.54) is 17.3 Å². The van der Waals surface area contributed by atoms with E-state index < -0.39 is 17.9 Å². The normalized spacial score (nSPS) is 11.8. The maximum atomic E-state index is 12.6. The van der Waals surface area contributed by atoms with E-state index in [0.29, 0.717) is 6.54 Å². The van der Waals surface area contributed by atoms with Gasteiger partial charge in [0, 0.05) is 19.8 Å². The van der Waals surface area contributed by atoms with Crippen LogP contribution in [0.3, 0.4) is 0 Å². The molecule has 19 heavy (non-hydrogen) atoms. The summed E-state index contributed by atoms with van der Waals surface area (Å²) in [7, 11) is 1.55. The monoisotopic (exact) mass is 272 g/mol. The Bertz CT molecular complexity index is 620. The number of rotatable bonds is 2. The number of nitrogens with one attached hydrogen (secondary N) is 1. The van der Waals surface area contributed by atoms with Gasteiger partial charge in [-0.2, -0.15) is 13.2 Å². The van der Waals surface area contributed by atoms with Gasteiger partial charge >= 0.3 is 6.18 Å². The lowest BCUT2D eigenvalue weighted by atomic mass is 10.2. The van der Waals surface area contributed by atoms with Crippen molar-refractivity contribution in [2.75, 3.05) is 13.6 Å². The van der Waals surface area contributed by atoms with Gasteiger partial charge in [-0.1, -0.05) is 0 Å². The van der Waals surface area contributed by atoms with Crippen molar-refractivity contribution in [1.82, 2.24) is 19.9 Å². The second-order valence-electron chi connectivity index (χ2n) is 3.99. The Balaban J connectivity index is 2.57. The van der Waals surface area contributed by atoms with E-state index in [2.05, 4.69) is 15.0 Å². The van der Waals surface area contributed by atoms with Crippen LogP contribution in [0.5, 0.6) is 0 Å². The number of H-pyrrole nitrogens is 1. The Morgan fingerprint density at radius 2 is 2.11 bits per heavy atom. The van der Waals surface area contributed by atoms with Gasteiger partial charge in [-0.25, -0.2) is 4.98 Å². The molecule has 0 radical (unpaired) electrons. The molecule has 0 aromatic carbocycles. The van der Waals surface area contributed by atoms with Crippen molar-refractivity contribution >= 4 is 16.9 Å². The SMILES string of the molecule is CCN(C)C(=O)c1cncc2[nH]c(C(F)(F)F)nc12. The van der Waals surface area contributed by atoms with Crippen molar-refractivity contribution in [2.24, 2.45) is 0 Å². The molecule has 1 amide bonds. The number of aromatic nitrogens is 3. The first-order valence-corrected chi connectivity index (χ1v) is 5.51. The molecule has 0 spiro atoms. The quantitative estimate of drug-likeness (QED) is 0.910. The molecule has 2 aromatic rings. The number of hydrogen-bond donors (Lipinski definition) is 1. The van der Waals surface area contributed by atoms with Gasteiger partial charge in [0.2, 0.25) is 5.82 Å². The van der Waals surface area contributed by atoms with E-state index in [9.17, 15) is 18.0 Å². The van der Waals surface area contributed by atoms with Gasteiger partial charge in [0.1, 0.15) is 5.52 Å². The summed E-state index contributed by atoms with van der Waals surface area (Å²) in [4.78, 5) is 22.7. The molecule has 0 aliphatic heterocycles. The average Bonchev–Trinajstić information content (AvgIpc) is 2.80. The summed E-state index contributed by atoms with van der Waals surface area (Å²) in [6.45, 7) is 2.20. The molecule has 2 aromatic heterocycles. The molecule has 0 unspecified atom stereocenters. The third-order valence-electron chi connectivity index (χ3n) is 2.71. The second kappa shape index (κ2) is 4.52. The summed E-state index contributed by atoms with van der Waals surface area (Å²) in [5, 5.41) is 0. The predicted octanol–water partition coefficient (Wildman–Crippen LogP) is 2.07. The number of alkyl halides is 3. The van der Waals surface area contributed by atoms with Gasteiger partial charge in [-0.3, -0.25) is 9.78 Å². The van der Waals surface area contributed by atoms with Crippen molar-refractivity contribution in [3.05, 3.63) is 23.8 Å². The molecule has 102 valence electrons. The molecule has 0 atom stereocenters. The molecule has 1 N–H and O–H groups in total. The third kappa shape index (κ3) is 2.38. The first kappa shape index (κ1) is 13.3. The first-order valence-electron chi connectivity index (χ1n) is 5.51. The molecule has 0 bridgehead atoms. The minimum absolute atomic E-state index is 0.0207. The van der Waals surface area contributed by atoms with Crippen molar-refractivity contribution < 1.29 is 18.0 Å². The van der Waals surface area contributed by atoms with Crippen LogP contribution in [-0.2, 0) is 6.18 Å². The highest BCUT2D eigenvalue weighted by atomic mass is 19.4. The lowest BCUT2D eigenvalue weighted by Crippen LogP contribution is -2.26. The van der Waals surface area contributed by atoms with E-state index in [0.717, 1.165) is 0 Å². The van der Waals surface area contributed by atoms with Crippen LogP contribution in [-0.4, -0.2) is 39.4 Å². The zero-order valence-electron chi connectivity index (χ0n) is 10.2. The highest BCUT2D eigenvalue weighted by Gasteiger charge is 2.35. The Labute approximate surface area is 106 Å². The van der Waals surface area contributed by atoms with Crippen LogP contribution in [0.15, 0.2) is 12.4 Å². The first-order chi connectivity index (χ1) is 8.84. The molecule has 0 fully saturated rings. The number of fused-ring (bicyclic) bond motifs is 1. The van der Waals surface area contributed by atoms with Gasteiger partial charge < -0.3 is 9.88 Å². The van der Waals surface area contributed by atoms with Gasteiger partial charge in [-0.15, -0.1) is 0 Å². The second-order valence-corrected chi connectivity index (χ2v) is 3.99. The number of carbonyl (C=O) groups excluding carboxylic acids is 1. The van der Waals surface area contributed by atoms with Crippen LogP contribution < -0.4 is 0 Å². The zero-order chi connectivity index (χ0) is 14.2. The summed E-state index contributed by atoms with van der Waals surface area (Å²) in [5.74, 6) is -1.55. The molecule has 0 saturated heterocycles. The van der Waals surface area contributed by atoms with Crippen LogP contribution in [0, 0.1) is 0 Å². The van der Waals surface area contributed by atoms with Gasteiger partial charge in [0.25, 0.3) is 5.91 Å². The molecule has 8 heteroatoms. The number of pyridine rings is 1. The molecular weight excluding hydrogens is 261 g/mol. The molecule has 2 rings (SSSR count). The van der Waals surface area contributed by atoms with Gasteiger partial charge in [0.15, 0.2) is 0 Å². The number of carbonyl (C=O) groups is 1. The standard InChI is InChI=1S/C11H11F3N4O/c1-3-18(2)9(19)6-4-15-5-7-8(6)17-10(16-7)11(12,13)14/h4-5H,3H2,1-2H3,(H,16,17). The Hall–Kier alpha value is -2.12. The fourth-order valence-electron chi connectivity index (χ4n) is 1.57. The average molecular weight is 272 g/mol. The largest absolute Gasteiger partial charge is 0.449 e. The van der Waals surface area contributed by atoms with Gasteiger partial charge in [-0.05, 0) is 6.92 Å². The van der Waals surface area contributed by atoms with Crippen molar-refractivity contribution in [3.63, 3.8) is 0 Å². The Morgan fingerprint density at radius 1 is 1.42 bits per heavy atom. The third-order valence-corrected chi connectivity index (χ3v) is 2.71. The Kier molecular flexibility index (Phi) is 3.17. The zero-order valence-corrected chi connectivity index (χ0v) is 10.2. The summed E-state index contributed by atoms with van der Waals surface area (Å²) >= 11 is 0. The maximum Gasteiger partial charge on any atom is 0.449 e.